The molecule has 0 fully saturated rings. The Labute approximate surface area is 110 Å². The molecular formula is C12H18N2O5. The monoisotopic (exact) mass is 270 g/mol. The fourth-order valence-electron chi connectivity index (χ4n) is 1.60. The molecule has 1 rings (SSSR count). The standard InChI is InChI=1S/C12H18N2O5/c1-8(2)19-7-10(15)6-13-5-4-9(3)11(12(13)16)14(17)18/h4-5,8,10,15H,6-7H2,1-3H3/t10-/m1/s1. The van der Waals surface area contributed by atoms with Crippen molar-refractivity contribution in [2.24, 2.45) is 0 Å². The number of aromatic nitrogens is 1. The molecule has 7 nitrogen and oxygen atoms in total. The molecule has 19 heavy (non-hydrogen) atoms. The van der Waals surface area contributed by atoms with Crippen LogP contribution in [0.1, 0.15) is 19.4 Å². The van der Waals surface area contributed by atoms with Gasteiger partial charge in [-0.05, 0) is 26.8 Å². The van der Waals surface area contributed by atoms with Crippen molar-refractivity contribution >= 4 is 5.69 Å². The molecule has 0 aromatic carbocycles. The lowest BCUT2D eigenvalue weighted by atomic mass is 10.2. The summed E-state index contributed by atoms with van der Waals surface area (Å²) in [6, 6.07) is 1.48. The van der Waals surface area contributed by atoms with Crippen molar-refractivity contribution in [3.05, 3.63) is 38.3 Å². The van der Waals surface area contributed by atoms with Gasteiger partial charge < -0.3 is 14.4 Å². The molecule has 1 N–H and O–H groups in total. The highest BCUT2D eigenvalue weighted by Gasteiger charge is 2.19. The number of ether oxygens (including phenoxy) is 1. The van der Waals surface area contributed by atoms with E-state index in [2.05, 4.69) is 0 Å². The van der Waals surface area contributed by atoms with Crippen molar-refractivity contribution in [1.29, 1.82) is 0 Å². The van der Waals surface area contributed by atoms with Crippen molar-refractivity contribution in [3.63, 3.8) is 0 Å². The summed E-state index contributed by atoms with van der Waals surface area (Å²) in [4.78, 5) is 22.0. The van der Waals surface area contributed by atoms with Crippen LogP contribution in [0.3, 0.4) is 0 Å². The molecule has 7 heteroatoms. The van der Waals surface area contributed by atoms with E-state index in [9.17, 15) is 20.0 Å². The van der Waals surface area contributed by atoms with Gasteiger partial charge >= 0.3 is 11.2 Å². The average Bonchev–Trinajstić information content (AvgIpc) is 2.30. The molecular weight excluding hydrogens is 252 g/mol. The summed E-state index contributed by atoms with van der Waals surface area (Å²) in [5, 5.41) is 20.5. The van der Waals surface area contributed by atoms with Gasteiger partial charge in [0.25, 0.3) is 0 Å². The van der Waals surface area contributed by atoms with Crippen LogP contribution < -0.4 is 5.56 Å². The summed E-state index contributed by atoms with van der Waals surface area (Å²) in [7, 11) is 0. The fraction of sp³-hybridized carbons (Fsp3) is 0.583. The van der Waals surface area contributed by atoms with Crippen LogP contribution in [0.15, 0.2) is 17.1 Å². The second-order valence-electron chi connectivity index (χ2n) is 4.60. The summed E-state index contributed by atoms with van der Waals surface area (Å²) in [6.07, 6.45) is 0.518. The van der Waals surface area contributed by atoms with E-state index in [1.807, 2.05) is 13.8 Å². The molecule has 0 unspecified atom stereocenters. The molecule has 1 atom stereocenters. The fourth-order valence-corrected chi connectivity index (χ4v) is 1.60. The van der Waals surface area contributed by atoms with Crippen molar-refractivity contribution < 1.29 is 14.8 Å². The van der Waals surface area contributed by atoms with Gasteiger partial charge in [-0.15, -0.1) is 0 Å². The highest BCUT2D eigenvalue weighted by atomic mass is 16.6. The number of rotatable bonds is 6. The third-order valence-electron chi connectivity index (χ3n) is 2.55. The van der Waals surface area contributed by atoms with Gasteiger partial charge in [0.15, 0.2) is 0 Å². The number of pyridine rings is 1. The van der Waals surface area contributed by atoms with Gasteiger partial charge in [-0.25, -0.2) is 0 Å². The maximum atomic E-state index is 11.9. The number of nitro groups is 1. The lowest BCUT2D eigenvalue weighted by molar-refractivity contribution is -0.387. The maximum Gasteiger partial charge on any atom is 0.336 e. The van der Waals surface area contributed by atoms with Crippen molar-refractivity contribution in [2.75, 3.05) is 6.61 Å². The van der Waals surface area contributed by atoms with Gasteiger partial charge in [0, 0.05) is 11.8 Å². The van der Waals surface area contributed by atoms with E-state index >= 15 is 0 Å². The predicted molar refractivity (Wildman–Crippen MR) is 69.2 cm³/mol. The Bertz CT molecular complexity index is 509. The van der Waals surface area contributed by atoms with Crippen molar-refractivity contribution in [1.82, 2.24) is 4.57 Å². The van der Waals surface area contributed by atoms with E-state index in [1.54, 1.807) is 0 Å². The van der Waals surface area contributed by atoms with Gasteiger partial charge in [-0.1, -0.05) is 0 Å². The van der Waals surface area contributed by atoms with Crippen molar-refractivity contribution in [2.45, 2.75) is 39.5 Å². The molecule has 0 saturated heterocycles. The van der Waals surface area contributed by atoms with E-state index in [-0.39, 0.29) is 19.3 Å². The molecule has 1 aromatic rings. The molecule has 106 valence electrons. The van der Waals surface area contributed by atoms with Gasteiger partial charge in [0.05, 0.1) is 30.3 Å². The highest BCUT2D eigenvalue weighted by molar-refractivity contribution is 5.35. The third-order valence-corrected chi connectivity index (χ3v) is 2.55. The topological polar surface area (TPSA) is 94.6 Å². The van der Waals surface area contributed by atoms with Gasteiger partial charge in [-0.2, -0.15) is 0 Å². The zero-order chi connectivity index (χ0) is 14.6. The van der Waals surface area contributed by atoms with Gasteiger partial charge in [0.1, 0.15) is 0 Å². The lowest BCUT2D eigenvalue weighted by Gasteiger charge is -2.14. The summed E-state index contributed by atoms with van der Waals surface area (Å²) < 4.78 is 6.34. The van der Waals surface area contributed by atoms with Gasteiger partial charge in [-0.3, -0.25) is 14.9 Å². The van der Waals surface area contributed by atoms with E-state index in [4.69, 9.17) is 4.74 Å². The Hall–Kier alpha value is -1.73. The predicted octanol–water partition coefficient (Wildman–Crippen LogP) is 0.851. The molecule has 0 radical (unpaired) electrons. The van der Waals surface area contributed by atoms with Gasteiger partial charge in [0.2, 0.25) is 0 Å². The Morgan fingerprint density at radius 2 is 2.16 bits per heavy atom. The molecule has 0 saturated carbocycles. The SMILES string of the molecule is Cc1ccn(C[C@@H](O)COC(C)C)c(=O)c1[N+](=O)[O-]. The second kappa shape index (κ2) is 6.44. The molecule has 1 aromatic heterocycles. The normalized spacial score (nSPS) is 12.7. The summed E-state index contributed by atoms with van der Waals surface area (Å²) >= 11 is 0. The minimum Gasteiger partial charge on any atom is -0.389 e. The maximum absolute atomic E-state index is 11.9. The molecule has 1 heterocycles. The number of aliphatic hydroxyl groups is 1. The molecule has 0 aliphatic heterocycles. The first kappa shape index (κ1) is 15.3. The first-order chi connectivity index (χ1) is 8.82. The molecule has 0 spiro atoms. The highest BCUT2D eigenvalue weighted by Crippen LogP contribution is 2.10. The Balaban J connectivity index is 2.88. The van der Waals surface area contributed by atoms with E-state index in [1.165, 1.54) is 19.2 Å². The number of nitrogens with zero attached hydrogens (tertiary/aromatic N) is 2. The second-order valence-corrected chi connectivity index (χ2v) is 4.60. The van der Waals surface area contributed by atoms with E-state index in [0.717, 1.165) is 4.57 Å². The quantitative estimate of drug-likeness (QED) is 0.611. The number of hydrogen-bond donors (Lipinski definition) is 1. The van der Waals surface area contributed by atoms with Crippen LogP contribution >= 0.6 is 0 Å². The Morgan fingerprint density at radius 1 is 1.53 bits per heavy atom. The third kappa shape index (κ3) is 4.15. The summed E-state index contributed by atoms with van der Waals surface area (Å²) in [5.74, 6) is 0. The van der Waals surface area contributed by atoms with Crippen LogP contribution in [0.4, 0.5) is 5.69 Å². The molecule has 0 aliphatic rings. The van der Waals surface area contributed by atoms with E-state index in [0.29, 0.717) is 5.56 Å². The zero-order valence-electron chi connectivity index (χ0n) is 11.2. The van der Waals surface area contributed by atoms with Crippen LogP contribution in [-0.4, -0.2) is 33.4 Å². The molecule has 0 amide bonds. The van der Waals surface area contributed by atoms with E-state index < -0.39 is 22.3 Å². The van der Waals surface area contributed by atoms with Crippen molar-refractivity contribution in [3.8, 4) is 0 Å². The number of aliphatic hydroxyl groups excluding tert-OH is 1. The first-order valence-electron chi connectivity index (χ1n) is 5.97. The molecule has 0 aliphatic carbocycles. The molecule has 0 bridgehead atoms. The van der Waals surface area contributed by atoms with Crippen LogP contribution in [0.2, 0.25) is 0 Å². The van der Waals surface area contributed by atoms with Crippen LogP contribution in [0.25, 0.3) is 0 Å². The summed E-state index contributed by atoms with van der Waals surface area (Å²) in [6.45, 7) is 5.20. The van der Waals surface area contributed by atoms with Crippen LogP contribution in [0, 0.1) is 17.0 Å². The Morgan fingerprint density at radius 3 is 2.68 bits per heavy atom. The van der Waals surface area contributed by atoms with Crippen LogP contribution in [-0.2, 0) is 11.3 Å². The zero-order valence-corrected chi connectivity index (χ0v) is 11.2. The van der Waals surface area contributed by atoms with Crippen LogP contribution in [0.5, 0.6) is 0 Å². The smallest absolute Gasteiger partial charge is 0.336 e. The summed E-state index contributed by atoms with van der Waals surface area (Å²) in [5.41, 5.74) is -0.868. The Kier molecular flexibility index (Phi) is 5.20. The largest absolute Gasteiger partial charge is 0.389 e. The average molecular weight is 270 g/mol. The number of hydrogen-bond acceptors (Lipinski definition) is 5. The lowest BCUT2D eigenvalue weighted by Crippen LogP contribution is -2.31. The minimum atomic E-state index is -0.887. The minimum absolute atomic E-state index is 0.0290. The number of aryl methyl sites for hydroxylation is 1. The first-order valence-corrected chi connectivity index (χ1v) is 5.97.